The van der Waals surface area contributed by atoms with E-state index < -0.39 is 5.97 Å². The number of carbonyl (C=O) groups is 1. The first-order valence-corrected chi connectivity index (χ1v) is 6.36. The van der Waals surface area contributed by atoms with Gasteiger partial charge in [0.15, 0.2) is 0 Å². The maximum absolute atomic E-state index is 11.2. The van der Waals surface area contributed by atoms with Crippen molar-refractivity contribution in [1.82, 2.24) is 15.1 Å². The summed E-state index contributed by atoms with van der Waals surface area (Å²) in [5, 5.41) is 13.1. The van der Waals surface area contributed by atoms with Gasteiger partial charge in [0.1, 0.15) is 17.5 Å². The lowest BCUT2D eigenvalue weighted by atomic mass is 10.2. The molecule has 0 aromatic carbocycles. The predicted molar refractivity (Wildman–Crippen MR) is 67.2 cm³/mol. The maximum Gasteiger partial charge on any atom is 0.358 e. The molecule has 3 rings (SSSR count). The highest BCUT2D eigenvalue weighted by Crippen LogP contribution is 2.28. The molecular weight excluding hydrogens is 248 g/mol. The van der Waals surface area contributed by atoms with Crippen LogP contribution in [0, 0.1) is 0 Å². The molecule has 0 radical (unpaired) electrons. The summed E-state index contributed by atoms with van der Waals surface area (Å²) < 4.78 is 4.96. The fourth-order valence-electron chi connectivity index (χ4n) is 2.44. The summed E-state index contributed by atoms with van der Waals surface area (Å²) >= 11 is 0. The van der Waals surface area contributed by atoms with Gasteiger partial charge in [0.25, 0.3) is 5.71 Å². The number of hydrogen-bond acceptors (Lipinski definition) is 6. The van der Waals surface area contributed by atoms with E-state index in [1.807, 2.05) is 0 Å². The van der Waals surface area contributed by atoms with Crippen molar-refractivity contribution in [3.63, 3.8) is 0 Å². The fraction of sp³-hybridized carbons (Fsp3) is 0.500. The summed E-state index contributed by atoms with van der Waals surface area (Å²) in [6, 6.07) is 0. The zero-order valence-electron chi connectivity index (χ0n) is 10.4. The van der Waals surface area contributed by atoms with Gasteiger partial charge in [-0.15, -0.1) is 0 Å². The minimum absolute atomic E-state index is 0.116. The van der Waals surface area contributed by atoms with Crippen molar-refractivity contribution in [2.24, 2.45) is 0 Å². The summed E-state index contributed by atoms with van der Waals surface area (Å²) in [4.78, 5) is 21.5. The Morgan fingerprint density at radius 2 is 1.95 bits per heavy atom. The summed E-state index contributed by atoms with van der Waals surface area (Å²) in [6.45, 7) is 1.74. The van der Waals surface area contributed by atoms with E-state index in [0.717, 1.165) is 25.9 Å². The van der Waals surface area contributed by atoms with Gasteiger partial charge in [0.05, 0.1) is 0 Å². The normalized spacial score (nSPS) is 16.5. The zero-order valence-corrected chi connectivity index (χ0v) is 10.4. The van der Waals surface area contributed by atoms with Gasteiger partial charge in [-0.25, -0.2) is 9.78 Å². The van der Waals surface area contributed by atoms with Crippen LogP contribution in [0.25, 0.3) is 11.1 Å². The van der Waals surface area contributed by atoms with Crippen molar-refractivity contribution in [3.8, 4) is 0 Å². The lowest BCUT2D eigenvalue weighted by Crippen LogP contribution is -2.25. The summed E-state index contributed by atoms with van der Waals surface area (Å²) in [7, 11) is 0. The minimum Gasteiger partial charge on any atom is -0.476 e. The Bertz CT molecular complexity index is 602. The molecule has 1 aliphatic heterocycles. The van der Waals surface area contributed by atoms with Gasteiger partial charge < -0.3 is 14.5 Å². The Morgan fingerprint density at radius 1 is 1.21 bits per heavy atom. The largest absolute Gasteiger partial charge is 0.476 e. The Kier molecular flexibility index (Phi) is 3.02. The van der Waals surface area contributed by atoms with Crippen LogP contribution in [0.1, 0.15) is 36.2 Å². The number of carboxylic acid groups (broad SMARTS) is 1. The first-order chi connectivity index (χ1) is 9.27. The SMILES string of the molecule is O=C(O)c1noc2ncnc(N3CCCCCC3)c12. The molecule has 2 aromatic rings. The van der Waals surface area contributed by atoms with Crippen molar-refractivity contribution in [2.45, 2.75) is 25.7 Å². The Hall–Kier alpha value is -2.18. The number of nitrogens with zero attached hydrogens (tertiary/aromatic N) is 4. The molecule has 0 bridgehead atoms. The third kappa shape index (κ3) is 2.11. The fourth-order valence-corrected chi connectivity index (χ4v) is 2.44. The Morgan fingerprint density at radius 3 is 2.63 bits per heavy atom. The molecule has 3 heterocycles. The van der Waals surface area contributed by atoms with Crippen LogP contribution < -0.4 is 4.90 Å². The van der Waals surface area contributed by atoms with E-state index in [-0.39, 0.29) is 11.4 Å². The van der Waals surface area contributed by atoms with E-state index >= 15 is 0 Å². The number of hydrogen-bond donors (Lipinski definition) is 1. The van der Waals surface area contributed by atoms with Crippen LogP contribution in [0.2, 0.25) is 0 Å². The van der Waals surface area contributed by atoms with E-state index in [4.69, 9.17) is 9.63 Å². The first-order valence-electron chi connectivity index (χ1n) is 6.36. The maximum atomic E-state index is 11.2. The monoisotopic (exact) mass is 262 g/mol. The van der Waals surface area contributed by atoms with E-state index in [9.17, 15) is 4.79 Å². The Labute approximate surface area is 109 Å². The molecule has 0 aliphatic carbocycles. The van der Waals surface area contributed by atoms with Crippen molar-refractivity contribution in [1.29, 1.82) is 0 Å². The zero-order chi connectivity index (χ0) is 13.2. The number of anilines is 1. The summed E-state index contributed by atoms with van der Waals surface area (Å²) in [6.07, 6.45) is 5.94. The quantitative estimate of drug-likeness (QED) is 0.880. The van der Waals surface area contributed by atoms with E-state index in [0.29, 0.717) is 11.2 Å². The molecule has 2 aromatic heterocycles. The number of rotatable bonds is 2. The molecule has 0 spiro atoms. The Balaban J connectivity index is 2.11. The molecule has 0 atom stereocenters. The van der Waals surface area contributed by atoms with Crippen molar-refractivity contribution in [2.75, 3.05) is 18.0 Å². The van der Waals surface area contributed by atoms with Gasteiger partial charge >= 0.3 is 5.97 Å². The minimum atomic E-state index is -1.12. The van der Waals surface area contributed by atoms with E-state index in [1.165, 1.54) is 19.2 Å². The highest BCUT2D eigenvalue weighted by molar-refractivity contribution is 6.03. The number of fused-ring (bicyclic) bond motifs is 1. The third-order valence-corrected chi connectivity index (χ3v) is 3.36. The van der Waals surface area contributed by atoms with Gasteiger partial charge in [-0.05, 0) is 12.8 Å². The average Bonchev–Trinajstić information content (AvgIpc) is 2.66. The molecule has 0 saturated carbocycles. The standard InChI is InChI=1S/C12H14N4O3/c17-12(18)9-8-10(13-7-14-11(8)19-15-9)16-5-3-1-2-4-6-16/h7H,1-6H2,(H,17,18). The van der Waals surface area contributed by atoms with Gasteiger partial charge in [0.2, 0.25) is 5.69 Å². The molecule has 100 valence electrons. The van der Waals surface area contributed by atoms with Crippen LogP contribution in [-0.2, 0) is 0 Å². The molecule has 0 unspecified atom stereocenters. The molecule has 1 aliphatic rings. The molecule has 19 heavy (non-hydrogen) atoms. The second-order valence-electron chi connectivity index (χ2n) is 4.62. The van der Waals surface area contributed by atoms with Crippen molar-refractivity contribution >= 4 is 22.9 Å². The van der Waals surface area contributed by atoms with Crippen LogP contribution in [-0.4, -0.2) is 39.3 Å². The van der Waals surface area contributed by atoms with Gasteiger partial charge in [0, 0.05) is 13.1 Å². The lowest BCUT2D eigenvalue weighted by Gasteiger charge is -2.21. The highest BCUT2D eigenvalue weighted by Gasteiger charge is 2.23. The van der Waals surface area contributed by atoms with Crippen LogP contribution in [0.5, 0.6) is 0 Å². The van der Waals surface area contributed by atoms with Crippen LogP contribution in [0.3, 0.4) is 0 Å². The summed E-state index contributed by atoms with van der Waals surface area (Å²) in [5.74, 6) is -0.504. The molecule has 7 nitrogen and oxygen atoms in total. The first kappa shape index (κ1) is 11.9. The number of aromatic carboxylic acids is 1. The van der Waals surface area contributed by atoms with E-state index in [1.54, 1.807) is 0 Å². The van der Waals surface area contributed by atoms with Crippen LogP contribution >= 0.6 is 0 Å². The molecular formula is C12H14N4O3. The van der Waals surface area contributed by atoms with Gasteiger partial charge in [-0.1, -0.05) is 18.0 Å². The number of carboxylic acids is 1. The second kappa shape index (κ2) is 4.83. The molecule has 1 N–H and O–H groups in total. The summed E-state index contributed by atoms with van der Waals surface area (Å²) in [5.41, 5.74) is 0.112. The molecule has 1 fully saturated rings. The van der Waals surface area contributed by atoms with Crippen molar-refractivity contribution < 1.29 is 14.4 Å². The van der Waals surface area contributed by atoms with Crippen LogP contribution in [0.4, 0.5) is 5.82 Å². The van der Waals surface area contributed by atoms with E-state index in [2.05, 4.69) is 20.0 Å². The smallest absolute Gasteiger partial charge is 0.358 e. The van der Waals surface area contributed by atoms with Gasteiger partial charge in [-0.2, -0.15) is 4.98 Å². The topological polar surface area (TPSA) is 92.3 Å². The average molecular weight is 262 g/mol. The molecule has 1 saturated heterocycles. The highest BCUT2D eigenvalue weighted by atomic mass is 16.5. The number of aromatic nitrogens is 3. The molecule has 7 heteroatoms. The molecule has 0 amide bonds. The third-order valence-electron chi connectivity index (χ3n) is 3.36. The lowest BCUT2D eigenvalue weighted by molar-refractivity contribution is 0.0688. The van der Waals surface area contributed by atoms with Crippen LogP contribution in [0.15, 0.2) is 10.9 Å². The second-order valence-corrected chi connectivity index (χ2v) is 4.62. The van der Waals surface area contributed by atoms with Crippen molar-refractivity contribution in [3.05, 3.63) is 12.0 Å². The van der Waals surface area contributed by atoms with Gasteiger partial charge in [-0.3, -0.25) is 0 Å². The predicted octanol–water partition coefficient (Wildman–Crippen LogP) is 1.70.